The van der Waals surface area contributed by atoms with Gasteiger partial charge < -0.3 is 4.52 Å². The fraction of sp³-hybridized carbons (Fsp3) is 0.278. The number of unbranched alkanes of at least 4 members (excludes halogenated alkanes) is 1. The average Bonchev–Trinajstić information content (AvgIpc) is 3.72. The Bertz CT molecular complexity index is 2090. The van der Waals surface area contributed by atoms with Crippen LogP contribution in [0.4, 0.5) is 4.39 Å². The van der Waals surface area contributed by atoms with E-state index in [1.807, 2.05) is 62.4 Å². The highest BCUT2D eigenvalue weighted by Gasteiger charge is 2.22. The number of nitrogens with one attached hydrogen (secondary N) is 1. The van der Waals surface area contributed by atoms with Crippen molar-refractivity contribution < 1.29 is 13.4 Å². The zero-order chi connectivity index (χ0) is 32.9. The molecule has 3 aromatic carbocycles. The van der Waals surface area contributed by atoms with Gasteiger partial charge in [0.05, 0.1) is 18.7 Å². The molecule has 6 aromatic rings. The molecule has 0 atom stereocenters. The summed E-state index contributed by atoms with van der Waals surface area (Å²) in [5.74, 6) is 0.974. The number of aromatic amines is 1. The van der Waals surface area contributed by atoms with E-state index in [0.717, 1.165) is 52.2 Å². The van der Waals surface area contributed by atoms with E-state index in [4.69, 9.17) is 14.0 Å². The summed E-state index contributed by atoms with van der Waals surface area (Å²) in [6.45, 7) is 6.51. The van der Waals surface area contributed by atoms with Crippen molar-refractivity contribution in [3.05, 3.63) is 139 Å². The molecule has 0 bridgehead atoms. The molecule has 1 N–H and O–H groups in total. The van der Waals surface area contributed by atoms with Gasteiger partial charge >= 0.3 is 5.76 Å². The Kier molecular flexibility index (Phi) is 9.32. The van der Waals surface area contributed by atoms with Gasteiger partial charge in [-0.1, -0.05) is 98.2 Å². The Morgan fingerprint density at radius 1 is 0.851 bits per heavy atom. The second-order valence-electron chi connectivity index (χ2n) is 11.8. The topological polar surface area (TPSA) is 133 Å². The Morgan fingerprint density at radius 2 is 1.57 bits per heavy atom. The average molecular weight is 635 g/mol. The third kappa shape index (κ3) is 7.19. The van der Waals surface area contributed by atoms with Crippen LogP contribution in [0.5, 0.6) is 0 Å². The first-order chi connectivity index (χ1) is 22.8. The van der Waals surface area contributed by atoms with E-state index in [9.17, 15) is 14.0 Å². The van der Waals surface area contributed by atoms with Crippen LogP contribution in [0.15, 0.2) is 91.4 Å². The summed E-state index contributed by atoms with van der Waals surface area (Å²) >= 11 is 0. The number of hydrogen-bond donors (Lipinski definition) is 1. The van der Waals surface area contributed by atoms with Crippen molar-refractivity contribution in [1.82, 2.24) is 29.8 Å². The van der Waals surface area contributed by atoms with Gasteiger partial charge in [0.25, 0.3) is 5.56 Å². The summed E-state index contributed by atoms with van der Waals surface area (Å²) in [6, 6.07) is 21.7. The maximum atomic E-state index is 14.3. The molecule has 0 aliphatic carbocycles. The number of aryl methyl sites for hydroxylation is 1. The SMILES string of the molecule is CCCCc1nc(C(C)C)c(Cc2nc(Cc3ccc(F)cc3)no2)c(=O)n1Cc1ccc(-c2ccccc2-c2noc(=O)[nH]2)cc1. The van der Waals surface area contributed by atoms with E-state index < -0.39 is 5.76 Å². The number of aromatic nitrogens is 6. The summed E-state index contributed by atoms with van der Waals surface area (Å²) < 4.78 is 25.4. The predicted molar refractivity (Wildman–Crippen MR) is 175 cm³/mol. The van der Waals surface area contributed by atoms with E-state index in [1.54, 1.807) is 16.7 Å². The lowest BCUT2D eigenvalue weighted by atomic mass is 9.98. The summed E-state index contributed by atoms with van der Waals surface area (Å²) in [5, 5.41) is 7.96. The Labute approximate surface area is 270 Å². The van der Waals surface area contributed by atoms with Gasteiger partial charge in [-0.15, -0.1) is 0 Å². The van der Waals surface area contributed by atoms with Crippen LogP contribution in [-0.4, -0.2) is 29.8 Å². The fourth-order valence-corrected chi connectivity index (χ4v) is 5.62. The van der Waals surface area contributed by atoms with Crippen LogP contribution in [0.3, 0.4) is 0 Å². The normalized spacial score (nSPS) is 11.4. The van der Waals surface area contributed by atoms with Gasteiger partial charge in [-0.2, -0.15) is 4.98 Å². The molecule has 240 valence electrons. The minimum Gasteiger partial charge on any atom is -0.339 e. The molecule has 0 aliphatic heterocycles. The monoisotopic (exact) mass is 634 g/mol. The molecule has 3 aromatic heterocycles. The van der Waals surface area contributed by atoms with Crippen LogP contribution in [-0.2, 0) is 25.8 Å². The van der Waals surface area contributed by atoms with Crippen LogP contribution in [0.25, 0.3) is 22.5 Å². The minimum absolute atomic E-state index is 0.00772. The van der Waals surface area contributed by atoms with Gasteiger partial charge in [0.1, 0.15) is 11.6 Å². The van der Waals surface area contributed by atoms with Crippen molar-refractivity contribution in [3.8, 4) is 22.5 Å². The van der Waals surface area contributed by atoms with Gasteiger partial charge in [0.2, 0.25) is 5.89 Å². The fourth-order valence-electron chi connectivity index (χ4n) is 5.62. The second kappa shape index (κ2) is 13.9. The van der Waals surface area contributed by atoms with Crippen molar-refractivity contribution in [2.75, 3.05) is 0 Å². The van der Waals surface area contributed by atoms with E-state index in [-0.39, 0.29) is 23.7 Å². The number of hydrogen-bond acceptors (Lipinski definition) is 8. The van der Waals surface area contributed by atoms with Crippen molar-refractivity contribution >= 4 is 0 Å². The smallest absolute Gasteiger partial charge is 0.339 e. The lowest BCUT2D eigenvalue weighted by Crippen LogP contribution is -2.31. The van der Waals surface area contributed by atoms with Gasteiger partial charge in [-0.05, 0) is 46.7 Å². The molecule has 10 nitrogen and oxygen atoms in total. The lowest BCUT2D eigenvalue weighted by Gasteiger charge is -2.19. The molecular weight excluding hydrogens is 599 g/mol. The molecule has 0 fully saturated rings. The van der Waals surface area contributed by atoms with E-state index >= 15 is 0 Å². The summed E-state index contributed by atoms with van der Waals surface area (Å²) in [6.07, 6.45) is 3.09. The molecule has 3 heterocycles. The number of halogens is 1. The molecule has 0 unspecified atom stereocenters. The van der Waals surface area contributed by atoms with E-state index in [0.29, 0.717) is 42.5 Å². The van der Waals surface area contributed by atoms with E-state index in [2.05, 4.69) is 27.2 Å². The molecule has 6 rings (SSSR count). The highest BCUT2D eigenvalue weighted by molar-refractivity contribution is 5.80. The molecule has 0 amide bonds. The van der Waals surface area contributed by atoms with Gasteiger partial charge in [-0.3, -0.25) is 18.9 Å². The third-order valence-electron chi connectivity index (χ3n) is 8.02. The summed E-state index contributed by atoms with van der Waals surface area (Å²) in [7, 11) is 0. The standard InChI is InChI=1S/C36H35FN6O4/c1-4-5-10-31-39-33(22(2)3)29(20-32-38-30(41-46-32)19-23-13-17-26(37)18-14-23)35(44)43(31)21-24-11-15-25(16-12-24)27-8-6-7-9-28(27)34-40-36(45)47-42-34/h6-9,11-18,22H,4-5,10,19-21H2,1-3H3,(H,40,42,45). The number of H-pyrrole nitrogens is 1. The maximum absolute atomic E-state index is 14.3. The molecular formula is C36H35FN6O4. The van der Waals surface area contributed by atoms with Crippen LogP contribution < -0.4 is 11.3 Å². The van der Waals surface area contributed by atoms with E-state index in [1.165, 1.54) is 12.1 Å². The Morgan fingerprint density at radius 3 is 2.26 bits per heavy atom. The molecule has 0 spiro atoms. The quantitative estimate of drug-likeness (QED) is 0.162. The molecule has 47 heavy (non-hydrogen) atoms. The number of nitrogens with zero attached hydrogens (tertiary/aromatic N) is 5. The molecule has 0 saturated carbocycles. The first-order valence-corrected chi connectivity index (χ1v) is 15.7. The van der Waals surface area contributed by atoms with Crippen molar-refractivity contribution in [2.24, 2.45) is 0 Å². The zero-order valence-electron chi connectivity index (χ0n) is 26.5. The first kappa shape index (κ1) is 31.5. The summed E-state index contributed by atoms with van der Waals surface area (Å²) in [5.41, 5.74) is 5.47. The summed E-state index contributed by atoms with van der Waals surface area (Å²) in [4.78, 5) is 38.0. The molecule has 11 heteroatoms. The zero-order valence-corrected chi connectivity index (χ0v) is 26.5. The second-order valence-corrected chi connectivity index (χ2v) is 11.8. The number of rotatable bonds is 12. The minimum atomic E-state index is -0.615. The Balaban J connectivity index is 1.31. The van der Waals surface area contributed by atoms with Crippen LogP contribution in [0.2, 0.25) is 0 Å². The first-order valence-electron chi connectivity index (χ1n) is 15.7. The van der Waals surface area contributed by atoms with Crippen molar-refractivity contribution in [2.45, 2.75) is 65.3 Å². The largest absolute Gasteiger partial charge is 0.439 e. The Hall–Kier alpha value is -5.45. The van der Waals surface area contributed by atoms with Gasteiger partial charge in [0, 0.05) is 24.0 Å². The molecule has 0 saturated heterocycles. The van der Waals surface area contributed by atoms with Gasteiger partial charge in [-0.25, -0.2) is 14.2 Å². The van der Waals surface area contributed by atoms with Gasteiger partial charge in [0.15, 0.2) is 11.6 Å². The van der Waals surface area contributed by atoms with Crippen LogP contribution in [0, 0.1) is 5.82 Å². The predicted octanol–water partition coefficient (Wildman–Crippen LogP) is 6.47. The van der Waals surface area contributed by atoms with Crippen molar-refractivity contribution in [3.63, 3.8) is 0 Å². The van der Waals surface area contributed by atoms with Crippen LogP contribution >= 0.6 is 0 Å². The third-order valence-corrected chi connectivity index (χ3v) is 8.02. The highest BCUT2D eigenvalue weighted by Crippen LogP contribution is 2.30. The highest BCUT2D eigenvalue weighted by atomic mass is 19.1. The lowest BCUT2D eigenvalue weighted by molar-refractivity contribution is 0.379. The molecule has 0 radical (unpaired) electrons. The van der Waals surface area contributed by atoms with Crippen LogP contribution in [0.1, 0.15) is 79.5 Å². The van der Waals surface area contributed by atoms with Crippen molar-refractivity contribution in [1.29, 1.82) is 0 Å². The maximum Gasteiger partial charge on any atom is 0.439 e. The number of benzene rings is 3. The molecule has 0 aliphatic rings.